The van der Waals surface area contributed by atoms with Crippen molar-refractivity contribution in [1.82, 2.24) is 9.97 Å². The molecule has 4 nitrogen and oxygen atoms in total. The number of hydrogen-bond acceptors (Lipinski definition) is 4. The van der Waals surface area contributed by atoms with Crippen LogP contribution in [0.15, 0.2) is 109 Å². The van der Waals surface area contributed by atoms with Crippen LogP contribution in [-0.4, -0.2) is 16.7 Å². The average Bonchev–Trinajstić information content (AvgIpc) is 3.06. The summed E-state index contributed by atoms with van der Waals surface area (Å²) in [5.41, 5.74) is 11.0. The number of para-hydroxylation sites is 2. The second-order valence-electron chi connectivity index (χ2n) is 13.2. The summed E-state index contributed by atoms with van der Waals surface area (Å²) in [6.45, 7) is 11.0. The summed E-state index contributed by atoms with van der Waals surface area (Å²) in [5, 5.41) is 0. The van der Waals surface area contributed by atoms with Crippen LogP contribution in [0.25, 0.3) is 22.5 Å². The minimum atomic E-state index is 0. The molecule has 8 rings (SSSR count). The van der Waals surface area contributed by atoms with Crippen molar-refractivity contribution in [2.24, 2.45) is 5.41 Å². The van der Waals surface area contributed by atoms with Crippen molar-refractivity contribution < 1.29 is 29.6 Å². The molecule has 235 valence electrons. The summed E-state index contributed by atoms with van der Waals surface area (Å²) in [6.07, 6.45) is 4.82. The molecule has 0 N–H and O–H groups in total. The minimum Gasteiger partial charge on any atom is -0.503 e. The maximum Gasteiger partial charge on any atom is 0.239 e. The molecule has 2 aliphatic heterocycles. The average molecular weight is 791 g/mol. The molecule has 4 aromatic carbocycles. The number of aryl methyl sites for hydroxylation is 2. The quantitative estimate of drug-likeness (QED) is 0.134. The molecule has 0 atom stereocenters. The van der Waals surface area contributed by atoms with Crippen molar-refractivity contribution >= 4 is 23.1 Å². The zero-order valence-corrected chi connectivity index (χ0v) is 29.6. The molecule has 47 heavy (non-hydrogen) atoms. The standard InChI is InChI=1S/C29H25BNO2.C12H10N.Ir/c1-18-17-31-23(15-19(18)16-29(2,3)4)20-13-14-26-27-28(20)33-25-12-8-6-10-22(25)30(27)21-9-5-7-11-24(21)32-26;1-10-7-8-12(13-9-10)11-5-3-2-4-6-11;/h5-12,14-15,17H,16H2,1-4H3;2-5,7-9H,1H3;/q2*-1;. The molecule has 0 unspecified atom stereocenters. The fraction of sp³-hybridized carbons (Fsp3) is 0.171. The summed E-state index contributed by atoms with van der Waals surface area (Å²) in [4.78, 5) is 9.11. The third kappa shape index (κ3) is 6.67. The van der Waals surface area contributed by atoms with E-state index in [4.69, 9.17) is 14.5 Å². The molecular weight excluding hydrogens is 755 g/mol. The predicted molar refractivity (Wildman–Crippen MR) is 187 cm³/mol. The van der Waals surface area contributed by atoms with Gasteiger partial charge in [-0.2, -0.15) is 0 Å². The first-order chi connectivity index (χ1) is 22.2. The molecule has 6 aromatic rings. The fourth-order valence-electron chi connectivity index (χ4n) is 6.16. The van der Waals surface area contributed by atoms with E-state index < -0.39 is 0 Å². The molecular formula is C41H35BIrN2O2-2. The van der Waals surface area contributed by atoms with E-state index in [1.54, 1.807) is 0 Å². The monoisotopic (exact) mass is 791 g/mol. The topological polar surface area (TPSA) is 44.2 Å². The van der Waals surface area contributed by atoms with E-state index >= 15 is 0 Å². The number of benzene rings is 4. The van der Waals surface area contributed by atoms with Gasteiger partial charge in [0.2, 0.25) is 6.71 Å². The van der Waals surface area contributed by atoms with Gasteiger partial charge >= 0.3 is 0 Å². The van der Waals surface area contributed by atoms with Crippen molar-refractivity contribution in [3.8, 4) is 45.5 Å². The van der Waals surface area contributed by atoms with E-state index in [2.05, 4.69) is 81.2 Å². The Morgan fingerprint density at radius 1 is 0.723 bits per heavy atom. The van der Waals surface area contributed by atoms with Crippen LogP contribution in [0.4, 0.5) is 0 Å². The van der Waals surface area contributed by atoms with Crippen molar-refractivity contribution in [1.29, 1.82) is 0 Å². The number of pyridine rings is 2. The van der Waals surface area contributed by atoms with Crippen LogP contribution >= 0.6 is 0 Å². The molecule has 0 spiro atoms. The van der Waals surface area contributed by atoms with Gasteiger partial charge in [0.1, 0.15) is 11.5 Å². The smallest absolute Gasteiger partial charge is 0.239 e. The molecule has 0 aliphatic carbocycles. The number of rotatable bonds is 3. The maximum atomic E-state index is 6.54. The summed E-state index contributed by atoms with van der Waals surface area (Å²) in [6, 6.07) is 39.2. The Labute approximate surface area is 291 Å². The molecule has 0 fully saturated rings. The zero-order valence-electron chi connectivity index (χ0n) is 27.2. The van der Waals surface area contributed by atoms with Crippen LogP contribution in [0.1, 0.15) is 37.5 Å². The van der Waals surface area contributed by atoms with Gasteiger partial charge in [0.25, 0.3) is 0 Å². The third-order valence-electron chi connectivity index (χ3n) is 8.35. The first-order valence-corrected chi connectivity index (χ1v) is 15.7. The predicted octanol–water partition coefficient (Wildman–Crippen LogP) is 8.03. The normalized spacial score (nSPS) is 12.1. The Hall–Kier alpha value is -4.51. The second kappa shape index (κ2) is 13.3. The van der Waals surface area contributed by atoms with Crippen LogP contribution in [0.2, 0.25) is 0 Å². The molecule has 0 saturated carbocycles. The number of ether oxygens (including phenoxy) is 2. The Morgan fingerprint density at radius 2 is 1.40 bits per heavy atom. The number of nitrogens with zero attached hydrogens (tertiary/aromatic N) is 2. The zero-order chi connectivity index (χ0) is 31.8. The van der Waals surface area contributed by atoms with Gasteiger partial charge in [-0.25, -0.2) is 0 Å². The van der Waals surface area contributed by atoms with E-state index in [1.165, 1.54) is 16.7 Å². The summed E-state index contributed by atoms with van der Waals surface area (Å²) >= 11 is 0. The van der Waals surface area contributed by atoms with Gasteiger partial charge < -0.3 is 19.4 Å². The Balaban J connectivity index is 0.000000232. The van der Waals surface area contributed by atoms with Crippen molar-refractivity contribution in [2.45, 2.75) is 41.0 Å². The van der Waals surface area contributed by atoms with Crippen molar-refractivity contribution in [3.05, 3.63) is 138 Å². The first kappa shape index (κ1) is 32.4. The molecule has 2 aromatic heterocycles. The Morgan fingerprint density at radius 3 is 2.06 bits per heavy atom. The Kier molecular flexibility index (Phi) is 9.19. The van der Waals surface area contributed by atoms with E-state index in [0.717, 1.165) is 68.3 Å². The molecule has 2 aliphatic rings. The van der Waals surface area contributed by atoms with Crippen molar-refractivity contribution in [3.63, 3.8) is 0 Å². The van der Waals surface area contributed by atoms with Crippen LogP contribution < -0.4 is 25.9 Å². The molecule has 4 heterocycles. The van der Waals surface area contributed by atoms with Crippen LogP contribution in [0.5, 0.6) is 23.0 Å². The number of aromatic nitrogens is 2. The molecule has 0 bridgehead atoms. The van der Waals surface area contributed by atoms with E-state index in [9.17, 15) is 0 Å². The largest absolute Gasteiger partial charge is 0.503 e. The minimum absolute atomic E-state index is 0. The van der Waals surface area contributed by atoms with E-state index in [1.807, 2.05) is 80.0 Å². The van der Waals surface area contributed by atoms with Gasteiger partial charge in [-0.1, -0.05) is 92.0 Å². The molecule has 0 saturated heterocycles. The molecule has 6 heteroatoms. The van der Waals surface area contributed by atoms with E-state index in [0.29, 0.717) is 0 Å². The van der Waals surface area contributed by atoms with Gasteiger partial charge in [-0.05, 0) is 71.3 Å². The van der Waals surface area contributed by atoms with E-state index in [-0.39, 0.29) is 32.2 Å². The molecule has 1 radical (unpaired) electrons. The third-order valence-corrected chi connectivity index (χ3v) is 8.35. The van der Waals surface area contributed by atoms with Gasteiger partial charge in [0.05, 0.1) is 0 Å². The summed E-state index contributed by atoms with van der Waals surface area (Å²) in [7, 11) is 0. The first-order valence-electron chi connectivity index (χ1n) is 15.7. The Bertz CT molecular complexity index is 2030. The van der Waals surface area contributed by atoms with Gasteiger partial charge in [-0.3, -0.25) is 0 Å². The maximum absolute atomic E-state index is 6.54. The number of hydrogen-bond donors (Lipinski definition) is 0. The van der Waals surface area contributed by atoms with Crippen molar-refractivity contribution in [2.75, 3.05) is 0 Å². The number of fused-ring (bicyclic) bond motifs is 4. The van der Waals surface area contributed by atoms with Crippen LogP contribution in [-0.2, 0) is 26.5 Å². The van der Waals surface area contributed by atoms with Gasteiger partial charge in [-0.15, -0.1) is 48.0 Å². The van der Waals surface area contributed by atoms with Crippen LogP contribution in [0, 0.1) is 31.4 Å². The summed E-state index contributed by atoms with van der Waals surface area (Å²) < 4.78 is 12.9. The SMILES string of the molecule is Cc1ccc(-c2[c-]cccc2)nc1.Cc1cnc(-c2[c-]cc3c4c2Oc2ccccc2B4c2ccccc2O3)cc1CC(C)(C)C.[Ir]. The van der Waals surface area contributed by atoms with Gasteiger partial charge in [0.15, 0.2) is 0 Å². The molecule has 0 amide bonds. The summed E-state index contributed by atoms with van der Waals surface area (Å²) in [5.74, 6) is 3.36. The fourth-order valence-corrected chi connectivity index (χ4v) is 6.16. The van der Waals surface area contributed by atoms with Gasteiger partial charge in [0, 0.05) is 44.0 Å². The van der Waals surface area contributed by atoms with Crippen LogP contribution in [0.3, 0.4) is 0 Å². The second-order valence-corrected chi connectivity index (χ2v) is 13.2.